The number of sulfonamides is 1. The van der Waals surface area contributed by atoms with Crippen LogP contribution in [-0.2, 0) is 10.0 Å². The molecule has 0 unspecified atom stereocenters. The van der Waals surface area contributed by atoms with E-state index in [0.29, 0.717) is 18.0 Å². The fourth-order valence-corrected chi connectivity index (χ4v) is 5.75. The summed E-state index contributed by atoms with van der Waals surface area (Å²) in [5, 5.41) is 3.38. The highest BCUT2D eigenvalue weighted by Crippen LogP contribution is 2.31. The first-order chi connectivity index (χ1) is 15.7. The summed E-state index contributed by atoms with van der Waals surface area (Å²) in [6.45, 7) is 0.464. The smallest absolute Gasteiger partial charge is 0.246 e. The Labute approximate surface area is 196 Å². The van der Waals surface area contributed by atoms with Gasteiger partial charge in [0, 0.05) is 19.1 Å². The second-order valence-corrected chi connectivity index (χ2v) is 10.4. The van der Waals surface area contributed by atoms with Crippen LogP contribution in [0.15, 0.2) is 35.5 Å². The number of anilines is 2. The molecule has 0 atom stereocenters. The van der Waals surface area contributed by atoms with E-state index in [4.69, 9.17) is 17.3 Å². The van der Waals surface area contributed by atoms with Crippen LogP contribution in [0.2, 0.25) is 5.28 Å². The molecule has 9 nitrogen and oxygen atoms in total. The second kappa shape index (κ2) is 9.25. The molecule has 3 heterocycles. The molecule has 1 aliphatic heterocycles. The molecule has 0 bridgehead atoms. The van der Waals surface area contributed by atoms with E-state index in [1.54, 1.807) is 0 Å². The fourth-order valence-electron chi connectivity index (χ4n) is 3.38. The average molecular weight is 515 g/mol. The van der Waals surface area contributed by atoms with Gasteiger partial charge in [0.25, 0.3) is 0 Å². The minimum absolute atomic E-state index is 0.0461. The van der Waals surface area contributed by atoms with E-state index in [-0.39, 0.29) is 40.0 Å². The number of piperidine rings is 1. The lowest BCUT2D eigenvalue weighted by Crippen LogP contribution is -2.42. The van der Waals surface area contributed by atoms with E-state index in [1.807, 2.05) is 0 Å². The first kappa shape index (κ1) is 23.4. The van der Waals surface area contributed by atoms with Crippen LogP contribution in [0, 0.1) is 11.6 Å². The Morgan fingerprint density at radius 3 is 2.39 bits per heavy atom. The van der Waals surface area contributed by atoms with Gasteiger partial charge in [0.1, 0.15) is 27.2 Å². The first-order valence-electron chi connectivity index (χ1n) is 9.66. The van der Waals surface area contributed by atoms with Gasteiger partial charge in [-0.15, -0.1) is 0 Å². The van der Waals surface area contributed by atoms with Gasteiger partial charge in [-0.05, 0) is 36.6 Å². The summed E-state index contributed by atoms with van der Waals surface area (Å²) in [6, 6.07) is 3.00. The number of nitrogens with two attached hydrogens (primary N) is 1. The van der Waals surface area contributed by atoms with Gasteiger partial charge in [-0.25, -0.2) is 32.2 Å². The van der Waals surface area contributed by atoms with Gasteiger partial charge in [0.05, 0.1) is 18.0 Å². The normalized spacial score (nSPS) is 15.5. The van der Waals surface area contributed by atoms with Crippen LogP contribution in [0.1, 0.15) is 28.1 Å². The molecule has 1 aromatic carbocycles. The standard InChI is InChI=1S/C19H17ClF2N6O3S2/c20-18-24-8-11(9-25-18)33(30,31)28-6-4-10(5-7-28)26-19-27-17(23)16(32-19)15(29)14-12(21)2-1-3-13(14)22/h1-3,8-10H,4-7,23H2,(H,26,27). The molecule has 0 amide bonds. The Morgan fingerprint density at radius 1 is 1.18 bits per heavy atom. The van der Waals surface area contributed by atoms with E-state index in [1.165, 1.54) is 4.31 Å². The zero-order valence-corrected chi connectivity index (χ0v) is 19.2. The van der Waals surface area contributed by atoms with E-state index in [9.17, 15) is 22.0 Å². The number of benzene rings is 1. The number of rotatable bonds is 6. The van der Waals surface area contributed by atoms with Crippen molar-refractivity contribution >= 4 is 49.7 Å². The SMILES string of the molecule is Nc1nc(NC2CCN(S(=O)(=O)c3cnc(Cl)nc3)CC2)sc1C(=O)c1c(F)cccc1F. The summed E-state index contributed by atoms with van der Waals surface area (Å²) in [6.07, 6.45) is 3.23. The minimum atomic E-state index is -3.75. The van der Waals surface area contributed by atoms with Crippen molar-refractivity contribution in [2.75, 3.05) is 24.1 Å². The van der Waals surface area contributed by atoms with Gasteiger partial charge in [0.15, 0.2) is 5.13 Å². The molecule has 1 aliphatic rings. The molecule has 0 spiro atoms. The van der Waals surface area contributed by atoms with Crippen LogP contribution >= 0.6 is 22.9 Å². The number of carbonyl (C=O) groups is 1. The minimum Gasteiger partial charge on any atom is -0.382 e. The number of nitrogen functional groups attached to an aromatic ring is 1. The molecule has 4 rings (SSSR count). The van der Waals surface area contributed by atoms with Gasteiger partial charge in [-0.3, -0.25) is 4.79 Å². The third kappa shape index (κ3) is 4.81. The van der Waals surface area contributed by atoms with Crippen molar-refractivity contribution in [3.05, 3.63) is 58.0 Å². The van der Waals surface area contributed by atoms with Crippen LogP contribution in [-0.4, -0.2) is 52.6 Å². The van der Waals surface area contributed by atoms with Crippen LogP contribution < -0.4 is 11.1 Å². The third-order valence-corrected chi connectivity index (χ3v) is 8.11. The fraction of sp³-hybridized carbons (Fsp3) is 0.263. The number of carbonyl (C=O) groups excluding carboxylic acids is 1. The molecule has 0 aliphatic carbocycles. The lowest BCUT2D eigenvalue weighted by Gasteiger charge is -2.31. The van der Waals surface area contributed by atoms with Crippen molar-refractivity contribution in [3.63, 3.8) is 0 Å². The monoisotopic (exact) mass is 514 g/mol. The van der Waals surface area contributed by atoms with Crippen molar-refractivity contribution in [2.24, 2.45) is 0 Å². The molecular weight excluding hydrogens is 498 g/mol. The van der Waals surface area contributed by atoms with Crippen molar-refractivity contribution < 1.29 is 22.0 Å². The summed E-state index contributed by atoms with van der Waals surface area (Å²) >= 11 is 6.50. The number of thiazole rings is 1. The molecule has 33 heavy (non-hydrogen) atoms. The maximum atomic E-state index is 14.0. The van der Waals surface area contributed by atoms with Crippen LogP contribution in [0.25, 0.3) is 0 Å². The number of nitrogens with one attached hydrogen (secondary N) is 1. The molecule has 1 fully saturated rings. The van der Waals surface area contributed by atoms with Crippen LogP contribution in [0.4, 0.5) is 19.7 Å². The lowest BCUT2D eigenvalue weighted by molar-refractivity contribution is 0.103. The predicted octanol–water partition coefficient (Wildman–Crippen LogP) is 2.94. The lowest BCUT2D eigenvalue weighted by atomic mass is 10.1. The Kier molecular flexibility index (Phi) is 6.56. The van der Waals surface area contributed by atoms with Crippen LogP contribution in [0.3, 0.4) is 0 Å². The molecule has 174 valence electrons. The zero-order valence-electron chi connectivity index (χ0n) is 16.8. The van der Waals surface area contributed by atoms with Gasteiger partial charge >= 0.3 is 0 Å². The number of halogens is 3. The van der Waals surface area contributed by atoms with Crippen molar-refractivity contribution in [1.82, 2.24) is 19.3 Å². The maximum absolute atomic E-state index is 14.0. The van der Waals surface area contributed by atoms with Crippen molar-refractivity contribution in [1.29, 1.82) is 0 Å². The zero-order chi connectivity index (χ0) is 23.8. The van der Waals surface area contributed by atoms with Crippen LogP contribution in [0.5, 0.6) is 0 Å². The Bertz CT molecular complexity index is 1280. The maximum Gasteiger partial charge on any atom is 0.246 e. The summed E-state index contributed by atoms with van der Waals surface area (Å²) in [5.74, 6) is -3.00. The average Bonchev–Trinajstić information content (AvgIpc) is 3.14. The Hall–Kier alpha value is -2.74. The Balaban J connectivity index is 1.42. The molecule has 3 aromatic rings. The van der Waals surface area contributed by atoms with E-state index in [0.717, 1.165) is 41.9 Å². The van der Waals surface area contributed by atoms with E-state index < -0.39 is 33.0 Å². The molecule has 0 radical (unpaired) electrons. The van der Waals surface area contributed by atoms with E-state index >= 15 is 0 Å². The number of aromatic nitrogens is 3. The van der Waals surface area contributed by atoms with Gasteiger partial charge in [-0.1, -0.05) is 17.4 Å². The summed E-state index contributed by atoms with van der Waals surface area (Å²) < 4.78 is 54.7. The highest BCUT2D eigenvalue weighted by Gasteiger charge is 2.31. The second-order valence-electron chi connectivity index (χ2n) is 7.17. The quantitative estimate of drug-likeness (QED) is 0.379. The molecule has 2 aromatic heterocycles. The molecular formula is C19H17ClF2N6O3S2. The number of ketones is 1. The van der Waals surface area contributed by atoms with Gasteiger partial charge in [-0.2, -0.15) is 4.31 Å². The molecule has 0 saturated carbocycles. The summed E-state index contributed by atoms with van der Waals surface area (Å²) in [5.41, 5.74) is 5.13. The number of hydrogen-bond donors (Lipinski definition) is 2. The van der Waals surface area contributed by atoms with Crippen molar-refractivity contribution in [3.8, 4) is 0 Å². The van der Waals surface area contributed by atoms with Crippen molar-refractivity contribution in [2.45, 2.75) is 23.8 Å². The largest absolute Gasteiger partial charge is 0.382 e. The number of nitrogens with zero attached hydrogens (tertiary/aromatic N) is 4. The van der Waals surface area contributed by atoms with Gasteiger partial charge in [0.2, 0.25) is 21.1 Å². The highest BCUT2D eigenvalue weighted by atomic mass is 35.5. The number of hydrogen-bond acceptors (Lipinski definition) is 9. The highest BCUT2D eigenvalue weighted by molar-refractivity contribution is 7.89. The van der Waals surface area contributed by atoms with E-state index in [2.05, 4.69) is 20.3 Å². The first-order valence-corrected chi connectivity index (χ1v) is 12.3. The topological polar surface area (TPSA) is 131 Å². The summed E-state index contributed by atoms with van der Waals surface area (Å²) in [4.78, 5) is 24.0. The Morgan fingerprint density at radius 2 is 1.79 bits per heavy atom. The predicted molar refractivity (Wildman–Crippen MR) is 119 cm³/mol. The molecule has 14 heteroatoms. The van der Waals surface area contributed by atoms with Gasteiger partial charge < -0.3 is 11.1 Å². The third-order valence-electron chi connectivity index (χ3n) is 5.07. The summed E-state index contributed by atoms with van der Waals surface area (Å²) in [7, 11) is -3.75. The molecule has 1 saturated heterocycles. The molecule has 3 N–H and O–H groups in total.